The van der Waals surface area contributed by atoms with E-state index in [9.17, 15) is 0 Å². The van der Waals surface area contributed by atoms with Gasteiger partial charge in [-0.3, -0.25) is 10.1 Å². The topological polar surface area (TPSA) is 65.1 Å². The maximum absolute atomic E-state index is 4.27. The summed E-state index contributed by atoms with van der Waals surface area (Å²) in [5.74, 6) is 1.57. The van der Waals surface area contributed by atoms with Crippen LogP contribution in [0.15, 0.2) is 27.7 Å². The van der Waals surface area contributed by atoms with Crippen LogP contribution in [0.5, 0.6) is 0 Å². The van der Waals surface area contributed by atoms with Gasteiger partial charge in [-0.05, 0) is 28.1 Å². The normalized spacial score (nSPS) is 14.1. The van der Waals surface area contributed by atoms with E-state index in [4.69, 9.17) is 0 Å². The van der Waals surface area contributed by atoms with Crippen molar-refractivity contribution in [2.45, 2.75) is 0 Å². The summed E-state index contributed by atoms with van der Waals surface area (Å²) in [6.45, 7) is 1.69. The molecule has 0 saturated carbocycles. The number of aliphatic imine (C=N–C) groups is 1. The predicted octanol–water partition coefficient (Wildman–Crippen LogP) is 2.12. The van der Waals surface area contributed by atoms with E-state index in [2.05, 4.69) is 41.8 Å². The van der Waals surface area contributed by atoms with Crippen molar-refractivity contribution < 1.29 is 0 Å². The van der Waals surface area contributed by atoms with Crippen LogP contribution in [0.25, 0.3) is 10.9 Å². The van der Waals surface area contributed by atoms with E-state index < -0.39 is 0 Å². The molecule has 1 aliphatic heterocycles. The number of nitrogens with one attached hydrogen (secondary N) is 3. The standard InChI is InChI=1S/C10H10BrN5.ClH/c11-6-2-1-3-7-8(6)9(16-15-7)14-10-12-4-5-13-10;/h1-3H,4-5H2,(H3,12,13,14,15,16);1H. The Morgan fingerprint density at radius 2 is 2.24 bits per heavy atom. The van der Waals surface area contributed by atoms with Crippen LogP contribution in [0.4, 0.5) is 5.82 Å². The van der Waals surface area contributed by atoms with E-state index in [-0.39, 0.29) is 12.4 Å². The highest BCUT2D eigenvalue weighted by atomic mass is 79.9. The van der Waals surface area contributed by atoms with Gasteiger partial charge in [-0.1, -0.05) is 6.07 Å². The Morgan fingerprint density at radius 1 is 1.35 bits per heavy atom. The molecule has 0 atom stereocenters. The van der Waals surface area contributed by atoms with E-state index in [1.165, 1.54) is 0 Å². The lowest BCUT2D eigenvalue weighted by molar-refractivity contribution is 0.958. The lowest BCUT2D eigenvalue weighted by atomic mass is 10.2. The van der Waals surface area contributed by atoms with Gasteiger partial charge in [-0.25, -0.2) is 0 Å². The minimum atomic E-state index is 0. The number of halogens is 2. The van der Waals surface area contributed by atoms with Gasteiger partial charge in [-0.2, -0.15) is 5.10 Å². The van der Waals surface area contributed by atoms with Crippen molar-refractivity contribution in [3.63, 3.8) is 0 Å². The van der Waals surface area contributed by atoms with E-state index in [0.29, 0.717) is 0 Å². The summed E-state index contributed by atoms with van der Waals surface area (Å²) >= 11 is 3.52. The zero-order valence-electron chi connectivity index (χ0n) is 8.83. The Balaban J connectivity index is 0.00000108. The van der Waals surface area contributed by atoms with Crippen LogP contribution in [-0.2, 0) is 0 Å². The number of rotatable bonds is 1. The number of nitrogens with zero attached hydrogens (tertiary/aromatic N) is 2. The van der Waals surface area contributed by atoms with Crippen molar-refractivity contribution in [3.8, 4) is 0 Å². The maximum Gasteiger partial charge on any atom is 0.197 e. The number of anilines is 1. The summed E-state index contributed by atoms with van der Waals surface area (Å²) in [5.41, 5.74) is 0.996. The molecule has 0 spiro atoms. The maximum atomic E-state index is 4.27. The van der Waals surface area contributed by atoms with E-state index in [1.807, 2.05) is 18.2 Å². The fourth-order valence-corrected chi connectivity index (χ4v) is 2.27. The third kappa shape index (κ3) is 2.23. The van der Waals surface area contributed by atoms with Crippen LogP contribution in [0.1, 0.15) is 0 Å². The fourth-order valence-electron chi connectivity index (χ4n) is 1.71. The highest BCUT2D eigenvalue weighted by Crippen LogP contribution is 2.28. The van der Waals surface area contributed by atoms with Gasteiger partial charge in [0.15, 0.2) is 11.8 Å². The molecule has 0 bridgehead atoms. The third-order valence-electron chi connectivity index (χ3n) is 2.45. The second-order valence-corrected chi connectivity index (χ2v) is 4.37. The van der Waals surface area contributed by atoms with Gasteiger partial charge in [-0.15, -0.1) is 12.4 Å². The lowest BCUT2D eigenvalue weighted by Crippen LogP contribution is -2.26. The molecule has 0 unspecified atom stereocenters. The first kappa shape index (κ1) is 12.2. The molecule has 7 heteroatoms. The highest BCUT2D eigenvalue weighted by Gasteiger charge is 2.12. The average molecular weight is 317 g/mol. The third-order valence-corrected chi connectivity index (χ3v) is 3.11. The van der Waals surface area contributed by atoms with Crippen molar-refractivity contribution in [2.24, 2.45) is 4.99 Å². The number of aromatic amines is 1. The molecule has 3 N–H and O–H groups in total. The average Bonchev–Trinajstić information content (AvgIpc) is 2.90. The van der Waals surface area contributed by atoms with Crippen LogP contribution in [0.3, 0.4) is 0 Å². The number of aromatic nitrogens is 2. The fraction of sp³-hybridized carbons (Fsp3) is 0.200. The first-order chi connectivity index (χ1) is 7.84. The number of H-pyrrole nitrogens is 1. The van der Waals surface area contributed by atoms with Crippen LogP contribution >= 0.6 is 28.3 Å². The van der Waals surface area contributed by atoms with Gasteiger partial charge in [0, 0.05) is 11.0 Å². The number of hydrogen-bond donors (Lipinski definition) is 3. The van der Waals surface area contributed by atoms with Crippen molar-refractivity contribution in [3.05, 3.63) is 22.7 Å². The summed E-state index contributed by atoms with van der Waals surface area (Å²) in [5, 5.41) is 14.6. The van der Waals surface area contributed by atoms with Gasteiger partial charge >= 0.3 is 0 Å². The molecule has 0 aliphatic carbocycles. The molecule has 2 aromatic rings. The van der Waals surface area contributed by atoms with Crippen molar-refractivity contribution in [1.82, 2.24) is 15.5 Å². The van der Waals surface area contributed by atoms with E-state index >= 15 is 0 Å². The van der Waals surface area contributed by atoms with Crippen molar-refractivity contribution in [2.75, 3.05) is 18.4 Å². The molecule has 90 valence electrons. The molecule has 2 heterocycles. The SMILES string of the molecule is Brc1cccc2[nH]nc(NC3=NCCN3)c12.Cl. The molecular formula is C10H11BrClN5. The zero-order valence-corrected chi connectivity index (χ0v) is 11.2. The monoisotopic (exact) mass is 315 g/mol. The molecule has 1 aromatic heterocycles. The summed E-state index contributed by atoms with van der Waals surface area (Å²) < 4.78 is 1.01. The Morgan fingerprint density at radius 3 is 3.00 bits per heavy atom. The quantitative estimate of drug-likeness (QED) is 0.755. The van der Waals surface area contributed by atoms with Crippen molar-refractivity contribution in [1.29, 1.82) is 0 Å². The Hall–Kier alpha value is -1.27. The van der Waals surface area contributed by atoms with E-state index in [0.717, 1.165) is 40.2 Å². The molecular weight excluding hydrogens is 306 g/mol. The van der Waals surface area contributed by atoms with Crippen LogP contribution < -0.4 is 10.6 Å². The van der Waals surface area contributed by atoms with E-state index in [1.54, 1.807) is 0 Å². The first-order valence-electron chi connectivity index (χ1n) is 5.02. The zero-order chi connectivity index (χ0) is 11.0. The second-order valence-electron chi connectivity index (χ2n) is 3.52. The van der Waals surface area contributed by atoms with Crippen molar-refractivity contribution >= 4 is 51.0 Å². The molecule has 1 aliphatic rings. The molecule has 3 rings (SSSR count). The molecule has 1 aromatic carbocycles. The van der Waals surface area contributed by atoms with Gasteiger partial charge in [0.2, 0.25) is 0 Å². The Labute approximate surface area is 113 Å². The number of fused-ring (bicyclic) bond motifs is 1. The van der Waals surface area contributed by atoms with Crippen LogP contribution in [0, 0.1) is 0 Å². The van der Waals surface area contributed by atoms with Crippen LogP contribution in [0.2, 0.25) is 0 Å². The number of benzene rings is 1. The molecule has 17 heavy (non-hydrogen) atoms. The highest BCUT2D eigenvalue weighted by molar-refractivity contribution is 9.10. The van der Waals surface area contributed by atoms with Gasteiger partial charge in [0.25, 0.3) is 0 Å². The number of guanidine groups is 1. The Kier molecular flexibility index (Phi) is 3.54. The Bertz CT molecular complexity index is 565. The molecule has 0 saturated heterocycles. The minimum absolute atomic E-state index is 0. The lowest BCUT2D eigenvalue weighted by Gasteiger charge is -2.03. The van der Waals surface area contributed by atoms with Gasteiger partial charge in [0.05, 0.1) is 17.4 Å². The van der Waals surface area contributed by atoms with Gasteiger partial charge < -0.3 is 10.6 Å². The summed E-state index contributed by atoms with van der Waals surface area (Å²) in [7, 11) is 0. The molecule has 0 radical (unpaired) electrons. The largest absolute Gasteiger partial charge is 0.354 e. The molecule has 5 nitrogen and oxygen atoms in total. The first-order valence-corrected chi connectivity index (χ1v) is 5.82. The summed E-state index contributed by atoms with van der Waals surface area (Å²) in [4.78, 5) is 4.27. The van der Waals surface area contributed by atoms with Gasteiger partial charge in [0.1, 0.15) is 0 Å². The molecule has 0 fully saturated rings. The summed E-state index contributed by atoms with van der Waals surface area (Å²) in [6, 6.07) is 5.95. The number of hydrogen-bond acceptors (Lipinski definition) is 4. The second kappa shape index (κ2) is 4.93. The minimum Gasteiger partial charge on any atom is -0.354 e. The molecule has 0 amide bonds. The summed E-state index contributed by atoms with van der Waals surface area (Å²) in [6.07, 6.45) is 0. The smallest absolute Gasteiger partial charge is 0.197 e. The van der Waals surface area contributed by atoms with Crippen LogP contribution in [-0.4, -0.2) is 29.2 Å². The predicted molar refractivity (Wildman–Crippen MR) is 75.0 cm³/mol.